The van der Waals surface area contributed by atoms with Crippen LogP contribution in [-0.4, -0.2) is 75.7 Å². The Morgan fingerprint density at radius 3 is 2.30 bits per heavy atom. The lowest BCUT2D eigenvalue weighted by Gasteiger charge is -2.48. The van der Waals surface area contributed by atoms with Crippen LogP contribution in [0.1, 0.15) is 61.8 Å². The summed E-state index contributed by atoms with van der Waals surface area (Å²) in [5, 5.41) is 3.39. The van der Waals surface area contributed by atoms with Crippen molar-refractivity contribution in [1.82, 2.24) is 15.1 Å². The van der Waals surface area contributed by atoms with Gasteiger partial charge in [0, 0.05) is 24.7 Å². The van der Waals surface area contributed by atoms with Crippen LogP contribution in [0.25, 0.3) is 5.57 Å². The van der Waals surface area contributed by atoms with E-state index in [0.717, 1.165) is 46.7 Å². The van der Waals surface area contributed by atoms with Crippen LogP contribution in [0.2, 0.25) is 0 Å². The molecule has 290 valence electrons. The second-order valence-electron chi connectivity index (χ2n) is 14.6. The van der Waals surface area contributed by atoms with Gasteiger partial charge in [0.1, 0.15) is 5.75 Å². The number of piperazine rings is 1. The minimum atomic E-state index is -1.90. The molecule has 2 unspecified atom stereocenters. The molecule has 1 saturated carbocycles. The highest BCUT2D eigenvalue weighted by molar-refractivity contribution is 6.68. The van der Waals surface area contributed by atoms with Gasteiger partial charge in [-0.25, -0.2) is 13.6 Å². The minimum Gasteiger partial charge on any atom is -0.488 e. The molecule has 3 aliphatic rings. The van der Waals surface area contributed by atoms with Crippen molar-refractivity contribution in [2.24, 2.45) is 0 Å². The highest BCUT2D eigenvalue weighted by Crippen LogP contribution is 2.43. The summed E-state index contributed by atoms with van der Waals surface area (Å²) in [5.41, 5.74) is 3.75. The van der Waals surface area contributed by atoms with E-state index in [-0.39, 0.29) is 31.3 Å². The van der Waals surface area contributed by atoms with Crippen molar-refractivity contribution < 1.29 is 37.0 Å². The van der Waals surface area contributed by atoms with Crippen LogP contribution in [0.5, 0.6) is 11.5 Å². The first-order chi connectivity index (χ1) is 25.6. The van der Waals surface area contributed by atoms with E-state index in [1.807, 2.05) is 56.3 Å². The zero-order valence-corrected chi connectivity index (χ0v) is 32.8. The number of hydrogen-bond donors (Lipinski definition) is 1. The number of hydrogen-bond acceptors (Lipinski definition) is 6. The smallest absolute Gasteiger partial charge is 0.411 e. The van der Waals surface area contributed by atoms with Crippen LogP contribution in [0.3, 0.4) is 0 Å². The van der Waals surface area contributed by atoms with Crippen LogP contribution < -0.4 is 14.8 Å². The first-order valence-electron chi connectivity index (χ1n) is 17.9. The highest BCUT2D eigenvalue weighted by Gasteiger charge is 2.50. The summed E-state index contributed by atoms with van der Waals surface area (Å²) >= 11 is 18.6. The number of nitrogens with one attached hydrogen (secondary N) is 1. The lowest BCUT2D eigenvalue weighted by atomic mass is 9.81. The number of rotatable bonds is 12. The molecule has 3 aromatic rings. The van der Waals surface area contributed by atoms with Crippen molar-refractivity contribution in [3.05, 3.63) is 99.9 Å². The number of aryl methyl sites for hydroxylation is 3. The molecule has 2 aliphatic heterocycles. The molecule has 2 atom stereocenters. The van der Waals surface area contributed by atoms with Gasteiger partial charge in [-0.3, -0.25) is 9.69 Å². The van der Waals surface area contributed by atoms with Crippen LogP contribution in [-0.2, 0) is 16.0 Å². The molecule has 8 nitrogen and oxygen atoms in total. The molecule has 0 radical (unpaired) electrons. The zero-order valence-electron chi connectivity index (χ0n) is 30.5. The molecule has 2 fully saturated rings. The summed E-state index contributed by atoms with van der Waals surface area (Å²) in [7, 11) is 0. The predicted molar refractivity (Wildman–Crippen MR) is 203 cm³/mol. The largest absolute Gasteiger partial charge is 0.488 e. The van der Waals surface area contributed by atoms with Gasteiger partial charge in [-0.1, -0.05) is 65.1 Å². The normalized spacial score (nSPS) is 18.7. The number of fused-ring (bicyclic) bond motifs is 2. The van der Waals surface area contributed by atoms with E-state index in [0.29, 0.717) is 49.7 Å². The minimum absolute atomic E-state index is 0.0188. The van der Waals surface area contributed by atoms with E-state index in [9.17, 15) is 22.8 Å². The van der Waals surface area contributed by atoms with Gasteiger partial charge in [0.05, 0.1) is 18.7 Å². The van der Waals surface area contributed by atoms with E-state index < -0.39 is 44.7 Å². The van der Waals surface area contributed by atoms with Gasteiger partial charge in [-0.15, -0.1) is 0 Å². The van der Waals surface area contributed by atoms with E-state index in [1.54, 1.807) is 9.80 Å². The summed E-state index contributed by atoms with van der Waals surface area (Å²) in [5.74, 6) is -3.83. The number of benzene rings is 3. The van der Waals surface area contributed by atoms with Crippen LogP contribution in [0, 0.1) is 31.3 Å². The fourth-order valence-corrected chi connectivity index (χ4v) is 6.84. The van der Waals surface area contributed by atoms with E-state index >= 15 is 0 Å². The molecule has 2 bridgehead atoms. The lowest BCUT2D eigenvalue weighted by molar-refractivity contribution is -0.131. The summed E-state index contributed by atoms with van der Waals surface area (Å²) in [6.07, 6.45) is 2.25. The topological polar surface area (TPSA) is 80.3 Å². The molecule has 0 aromatic heterocycles. The number of halogens is 6. The molecular formula is C40H43Cl3F3N3O5. The average Bonchev–Trinajstić information content (AvgIpc) is 3.96. The first-order valence-corrected chi connectivity index (χ1v) is 19.1. The predicted octanol–water partition coefficient (Wildman–Crippen LogP) is 8.84. The fourth-order valence-electron chi connectivity index (χ4n) is 6.73. The number of nitrogens with zero attached hydrogens (tertiary/aromatic N) is 2. The zero-order chi connectivity index (χ0) is 38.9. The molecule has 54 heavy (non-hydrogen) atoms. The summed E-state index contributed by atoms with van der Waals surface area (Å²) in [4.78, 5) is 32.2. The molecular weight excluding hydrogens is 766 g/mol. The van der Waals surface area contributed by atoms with Gasteiger partial charge in [0.2, 0.25) is 9.61 Å². The monoisotopic (exact) mass is 807 g/mol. The summed E-state index contributed by atoms with van der Waals surface area (Å²) in [6, 6.07) is 14.0. The molecule has 1 aliphatic carbocycles. The molecule has 1 saturated heterocycles. The Morgan fingerprint density at radius 1 is 0.926 bits per heavy atom. The van der Waals surface area contributed by atoms with Crippen molar-refractivity contribution in [1.29, 1.82) is 0 Å². The standard InChI is InChI=1S/C40H43Cl3F3N3O5/c1-23-7-14-29(18-24(23)2)53-22-48(27-12-13-27)37(50)34-30(19-28-20-47-21-33(34)49(28)38(51)54-39(3,4)40(41,42)43)26-10-8-25(9-11-26)6-5-17-52-36-32(45)16-15-31(44)35(36)46/h7-11,14-16,18,27-28,33,47H,5-6,12-13,17,19-22H2,1-4H3. The molecule has 2 amide bonds. The third-order valence-corrected chi connectivity index (χ3v) is 11.6. The van der Waals surface area contributed by atoms with Crippen molar-refractivity contribution in [3.63, 3.8) is 0 Å². The van der Waals surface area contributed by atoms with E-state index in [2.05, 4.69) is 5.32 Å². The fraction of sp³-hybridized carbons (Fsp3) is 0.450. The number of alkyl halides is 3. The quantitative estimate of drug-likeness (QED) is 0.0853. The Kier molecular flexibility index (Phi) is 12.0. The van der Waals surface area contributed by atoms with Crippen molar-refractivity contribution in [3.8, 4) is 11.5 Å². The van der Waals surface area contributed by atoms with Crippen molar-refractivity contribution >= 4 is 52.4 Å². The Bertz CT molecular complexity index is 1920. The van der Waals surface area contributed by atoms with Crippen LogP contribution in [0.15, 0.2) is 60.2 Å². The Labute approximate surface area is 328 Å². The Morgan fingerprint density at radius 2 is 1.63 bits per heavy atom. The number of amides is 2. The number of carbonyl (C=O) groups excluding carboxylic acids is 2. The second kappa shape index (κ2) is 16.2. The maximum Gasteiger partial charge on any atom is 0.411 e. The number of carbonyl (C=O) groups is 2. The van der Waals surface area contributed by atoms with Gasteiger partial charge < -0.3 is 24.4 Å². The lowest BCUT2D eigenvalue weighted by Crippen LogP contribution is -2.64. The molecule has 0 spiro atoms. The van der Waals surface area contributed by atoms with Crippen LogP contribution >= 0.6 is 34.8 Å². The highest BCUT2D eigenvalue weighted by atomic mass is 35.6. The van der Waals surface area contributed by atoms with Gasteiger partial charge in [-0.2, -0.15) is 4.39 Å². The van der Waals surface area contributed by atoms with Gasteiger partial charge in [-0.05, 0) is 112 Å². The number of ether oxygens (including phenoxy) is 3. The molecule has 3 aromatic carbocycles. The van der Waals surface area contributed by atoms with Gasteiger partial charge in [0.15, 0.2) is 29.7 Å². The third kappa shape index (κ3) is 8.75. The SMILES string of the molecule is Cc1ccc(OCN(C(=O)C2=C(c3ccc(CCCOc4c(F)ccc(F)c4F)cc3)CC3CNCC2N3C(=O)OC(C)(C)C(Cl)(Cl)Cl)C2CC2)cc1C. The molecule has 2 heterocycles. The Hall–Kier alpha value is -3.64. The maximum atomic E-state index is 14.9. The Balaban J connectivity index is 1.28. The molecule has 1 N–H and O–H groups in total. The van der Waals surface area contributed by atoms with Gasteiger partial charge >= 0.3 is 6.09 Å². The van der Waals surface area contributed by atoms with E-state index in [4.69, 9.17) is 49.0 Å². The maximum absolute atomic E-state index is 14.9. The third-order valence-electron chi connectivity index (χ3n) is 10.3. The van der Waals surface area contributed by atoms with Crippen molar-refractivity contribution in [2.75, 3.05) is 26.4 Å². The first kappa shape index (κ1) is 40.0. The van der Waals surface area contributed by atoms with E-state index in [1.165, 1.54) is 13.8 Å². The van der Waals surface area contributed by atoms with Gasteiger partial charge in [0.25, 0.3) is 5.91 Å². The summed E-state index contributed by atoms with van der Waals surface area (Å²) < 4.78 is 56.9. The van der Waals surface area contributed by atoms with Crippen LogP contribution in [0.4, 0.5) is 18.0 Å². The average molecular weight is 809 g/mol. The molecule has 6 rings (SSSR count). The summed E-state index contributed by atoms with van der Waals surface area (Å²) in [6.45, 7) is 7.82. The molecule has 14 heteroatoms. The van der Waals surface area contributed by atoms with Crippen molar-refractivity contribution in [2.45, 2.75) is 87.3 Å². The second-order valence-corrected chi connectivity index (χ2v) is 16.8.